The fourth-order valence-electron chi connectivity index (χ4n) is 3.35. The summed E-state index contributed by atoms with van der Waals surface area (Å²) in [5, 5.41) is 11.4. The number of rotatable bonds is 8. The first-order valence-electron chi connectivity index (χ1n) is 10.9. The lowest BCUT2D eigenvalue weighted by molar-refractivity contribution is 0.248. The number of anilines is 2. The Bertz CT molecular complexity index is 1020. The van der Waals surface area contributed by atoms with Gasteiger partial charge in [-0.15, -0.1) is 0 Å². The third-order valence-electron chi connectivity index (χ3n) is 5.31. The number of nitrogens with one attached hydrogen (secondary N) is 4. The molecule has 0 aliphatic rings. The summed E-state index contributed by atoms with van der Waals surface area (Å²) in [6.07, 6.45) is 0. The van der Waals surface area contributed by atoms with Gasteiger partial charge in [-0.05, 0) is 67.4 Å². The Morgan fingerprint density at radius 2 is 1.03 bits per heavy atom. The molecular weight excluding hydrogens is 432 g/mol. The van der Waals surface area contributed by atoms with Gasteiger partial charge in [0.2, 0.25) is 0 Å². The van der Waals surface area contributed by atoms with Crippen molar-refractivity contribution in [3.63, 3.8) is 0 Å². The molecule has 3 aromatic rings. The standard InChI is InChI=1S/C26H30N4O4/c1-17(19-8-12-23(33-3)13-9-19)27-25(31)29-21-6-5-7-22(16-21)30-26(32)28-18(2)20-10-14-24(34-4)15-11-20/h5-18H,1-4H3,(H2,27,29,31)(H2,28,30,32). The van der Waals surface area contributed by atoms with Crippen molar-refractivity contribution in [1.29, 1.82) is 0 Å². The van der Waals surface area contributed by atoms with Crippen LogP contribution in [0.5, 0.6) is 11.5 Å². The van der Waals surface area contributed by atoms with Gasteiger partial charge >= 0.3 is 12.1 Å². The van der Waals surface area contributed by atoms with Crippen molar-refractivity contribution >= 4 is 23.4 Å². The van der Waals surface area contributed by atoms with Crippen LogP contribution < -0.4 is 30.7 Å². The maximum absolute atomic E-state index is 12.4. The van der Waals surface area contributed by atoms with Crippen LogP contribution in [0.1, 0.15) is 37.1 Å². The van der Waals surface area contributed by atoms with Gasteiger partial charge in [-0.25, -0.2) is 9.59 Å². The Hall–Kier alpha value is -4.20. The van der Waals surface area contributed by atoms with Crippen molar-refractivity contribution in [1.82, 2.24) is 10.6 Å². The number of hydrogen-bond donors (Lipinski definition) is 4. The molecule has 8 heteroatoms. The quantitative estimate of drug-likeness (QED) is 0.357. The van der Waals surface area contributed by atoms with Gasteiger partial charge in [0.25, 0.3) is 0 Å². The summed E-state index contributed by atoms with van der Waals surface area (Å²) in [6.45, 7) is 3.79. The minimum Gasteiger partial charge on any atom is -0.497 e. The van der Waals surface area contributed by atoms with Crippen molar-refractivity contribution in [3.05, 3.63) is 83.9 Å². The van der Waals surface area contributed by atoms with E-state index in [1.807, 2.05) is 62.4 Å². The van der Waals surface area contributed by atoms with E-state index in [4.69, 9.17) is 9.47 Å². The van der Waals surface area contributed by atoms with Crippen molar-refractivity contribution in [2.75, 3.05) is 24.9 Å². The third kappa shape index (κ3) is 6.90. The first kappa shape index (κ1) is 24.4. The van der Waals surface area contributed by atoms with E-state index in [0.717, 1.165) is 22.6 Å². The Balaban J connectivity index is 1.52. The molecular formula is C26H30N4O4. The molecule has 0 aromatic heterocycles. The molecule has 178 valence electrons. The smallest absolute Gasteiger partial charge is 0.319 e. The number of benzene rings is 3. The molecule has 0 saturated carbocycles. The molecule has 4 N–H and O–H groups in total. The number of urea groups is 2. The molecule has 0 radical (unpaired) electrons. The fraction of sp³-hybridized carbons (Fsp3) is 0.231. The highest BCUT2D eigenvalue weighted by Crippen LogP contribution is 2.20. The molecule has 8 nitrogen and oxygen atoms in total. The van der Waals surface area contributed by atoms with Gasteiger partial charge in [0.05, 0.1) is 26.3 Å². The summed E-state index contributed by atoms with van der Waals surface area (Å²) in [5.41, 5.74) is 3.02. The Kier molecular flexibility index (Phi) is 8.34. The third-order valence-corrected chi connectivity index (χ3v) is 5.31. The van der Waals surface area contributed by atoms with Gasteiger partial charge in [-0.1, -0.05) is 30.3 Å². The maximum atomic E-state index is 12.4. The van der Waals surface area contributed by atoms with Crippen LogP contribution in [-0.4, -0.2) is 26.3 Å². The zero-order valence-corrected chi connectivity index (χ0v) is 19.7. The minimum absolute atomic E-state index is 0.197. The number of carbonyl (C=O) groups is 2. The molecule has 0 heterocycles. The molecule has 0 aliphatic carbocycles. The van der Waals surface area contributed by atoms with Crippen LogP contribution in [0.15, 0.2) is 72.8 Å². The lowest BCUT2D eigenvalue weighted by Crippen LogP contribution is -2.32. The summed E-state index contributed by atoms with van der Waals surface area (Å²) >= 11 is 0. The van der Waals surface area contributed by atoms with E-state index in [-0.39, 0.29) is 24.1 Å². The predicted octanol–water partition coefficient (Wildman–Crippen LogP) is 5.47. The number of carbonyl (C=O) groups excluding carboxylic acids is 2. The van der Waals surface area contributed by atoms with Crippen LogP contribution in [0.4, 0.5) is 21.0 Å². The molecule has 0 fully saturated rings. The predicted molar refractivity (Wildman–Crippen MR) is 134 cm³/mol. The molecule has 2 unspecified atom stereocenters. The second-order valence-corrected chi connectivity index (χ2v) is 7.77. The molecule has 3 aromatic carbocycles. The van der Waals surface area contributed by atoms with Crippen molar-refractivity contribution in [2.24, 2.45) is 0 Å². The van der Waals surface area contributed by atoms with Crippen molar-refractivity contribution in [2.45, 2.75) is 25.9 Å². The van der Waals surface area contributed by atoms with Crippen LogP contribution in [0.2, 0.25) is 0 Å². The van der Waals surface area contributed by atoms with Gasteiger partial charge in [0, 0.05) is 11.4 Å². The molecule has 0 bridgehead atoms. The largest absolute Gasteiger partial charge is 0.497 e. The average molecular weight is 463 g/mol. The number of hydrogen-bond acceptors (Lipinski definition) is 4. The Morgan fingerprint density at radius 3 is 1.38 bits per heavy atom. The fourth-order valence-corrected chi connectivity index (χ4v) is 3.35. The average Bonchev–Trinajstić information content (AvgIpc) is 2.84. The molecule has 3 rings (SSSR count). The normalized spacial score (nSPS) is 12.1. The SMILES string of the molecule is COc1ccc(C(C)NC(=O)Nc2cccc(NC(=O)NC(C)c3ccc(OC)cc3)c2)cc1. The van der Waals surface area contributed by atoms with Gasteiger partial charge in [-0.3, -0.25) is 0 Å². The summed E-state index contributed by atoms with van der Waals surface area (Å²) in [7, 11) is 3.22. The van der Waals surface area contributed by atoms with E-state index < -0.39 is 0 Å². The highest BCUT2D eigenvalue weighted by molar-refractivity contribution is 5.93. The van der Waals surface area contributed by atoms with Gasteiger partial charge in [0.15, 0.2) is 0 Å². The summed E-state index contributed by atoms with van der Waals surface area (Å²) in [6, 6.07) is 20.9. The van der Waals surface area contributed by atoms with Gasteiger partial charge < -0.3 is 30.7 Å². The van der Waals surface area contributed by atoms with E-state index in [9.17, 15) is 9.59 Å². The topological polar surface area (TPSA) is 101 Å². The number of methoxy groups -OCH3 is 2. The first-order chi connectivity index (χ1) is 16.4. The van der Waals surface area contributed by atoms with Crippen LogP contribution in [0, 0.1) is 0 Å². The molecule has 0 saturated heterocycles. The maximum Gasteiger partial charge on any atom is 0.319 e. The number of ether oxygens (including phenoxy) is 2. The van der Waals surface area contributed by atoms with Crippen molar-refractivity contribution in [3.8, 4) is 11.5 Å². The zero-order valence-electron chi connectivity index (χ0n) is 19.7. The molecule has 4 amide bonds. The molecule has 0 spiro atoms. The Morgan fingerprint density at radius 1 is 0.647 bits per heavy atom. The highest BCUT2D eigenvalue weighted by Gasteiger charge is 2.12. The van der Waals surface area contributed by atoms with E-state index >= 15 is 0 Å². The monoisotopic (exact) mass is 462 g/mol. The summed E-state index contributed by atoms with van der Waals surface area (Å²) in [4.78, 5) is 24.9. The van der Waals surface area contributed by atoms with E-state index in [1.54, 1.807) is 38.5 Å². The van der Waals surface area contributed by atoms with Crippen molar-refractivity contribution < 1.29 is 19.1 Å². The lowest BCUT2D eigenvalue weighted by Gasteiger charge is -2.17. The Labute approximate surface area is 199 Å². The first-order valence-corrected chi connectivity index (χ1v) is 10.9. The van der Waals surface area contributed by atoms with Crippen LogP contribution in [-0.2, 0) is 0 Å². The van der Waals surface area contributed by atoms with Crippen LogP contribution >= 0.6 is 0 Å². The van der Waals surface area contributed by atoms with Crippen LogP contribution in [0.25, 0.3) is 0 Å². The zero-order chi connectivity index (χ0) is 24.5. The van der Waals surface area contributed by atoms with E-state index in [2.05, 4.69) is 21.3 Å². The highest BCUT2D eigenvalue weighted by atomic mass is 16.5. The second-order valence-electron chi connectivity index (χ2n) is 7.77. The van der Waals surface area contributed by atoms with Crippen LogP contribution in [0.3, 0.4) is 0 Å². The second kappa shape index (κ2) is 11.6. The van der Waals surface area contributed by atoms with Gasteiger partial charge in [-0.2, -0.15) is 0 Å². The van der Waals surface area contributed by atoms with Gasteiger partial charge in [0.1, 0.15) is 11.5 Å². The summed E-state index contributed by atoms with van der Waals surface area (Å²) in [5.74, 6) is 1.51. The summed E-state index contributed by atoms with van der Waals surface area (Å²) < 4.78 is 10.3. The molecule has 34 heavy (non-hydrogen) atoms. The lowest BCUT2D eigenvalue weighted by atomic mass is 10.1. The minimum atomic E-state index is -0.349. The van der Waals surface area contributed by atoms with E-state index in [1.165, 1.54) is 0 Å². The molecule has 2 atom stereocenters. The number of amides is 4. The van der Waals surface area contributed by atoms with E-state index in [0.29, 0.717) is 11.4 Å². The molecule has 0 aliphatic heterocycles.